The van der Waals surface area contributed by atoms with Crippen LogP contribution in [0.5, 0.6) is 0 Å². The van der Waals surface area contributed by atoms with Crippen LogP contribution in [0.15, 0.2) is 0 Å². The first-order chi connectivity index (χ1) is 7.61. The fourth-order valence-corrected chi connectivity index (χ4v) is 0.902. The molecule has 4 nitrogen and oxygen atoms in total. The average Bonchev–Trinajstić information content (AvgIpc) is 2.30. The minimum absolute atomic E-state index is 0.0469. The highest BCUT2D eigenvalue weighted by molar-refractivity contribution is 5.74. The molecule has 4 heteroatoms. The summed E-state index contributed by atoms with van der Waals surface area (Å²) in [5, 5.41) is 0. The second kappa shape index (κ2) is 8.38. The van der Waals surface area contributed by atoms with E-state index < -0.39 is 11.9 Å². The normalized spacial score (nSPS) is 10.7. The Labute approximate surface area is 95.3 Å². The summed E-state index contributed by atoms with van der Waals surface area (Å²) in [6.45, 7) is 1.56. The van der Waals surface area contributed by atoms with Crippen LogP contribution < -0.4 is 0 Å². The molecule has 0 aromatic carbocycles. The van der Waals surface area contributed by atoms with Crippen molar-refractivity contribution in [2.75, 3.05) is 13.2 Å². The Morgan fingerprint density at radius 1 is 1.19 bits per heavy atom. The summed E-state index contributed by atoms with van der Waals surface area (Å²) in [5.74, 6) is 3.15. The molecule has 0 aromatic rings. The number of hydrogen-bond donors (Lipinski definition) is 0. The van der Waals surface area contributed by atoms with Gasteiger partial charge in [0, 0.05) is 6.42 Å². The van der Waals surface area contributed by atoms with Crippen molar-refractivity contribution < 1.29 is 19.1 Å². The van der Waals surface area contributed by atoms with Crippen molar-refractivity contribution in [3.8, 4) is 24.7 Å². The zero-order valence-electron chi connectivity index (χ0n) is 9.19. The monoisotopic (exact) mass is 222 g/mol. The molecule has 0 aliphatic heterocycles. The fourth-order valence-electron chi connectivity index (χ4n) is 0.902. The lowest BCUT2D eigenvalue weighted by Gasteiger charge is -2.08. The van der Waals surface area contributed by atoms with Crippen LogP contribution in [-0.2, 0) is 19.1 Å². The van der Waals surface area contributed by atoms with E-state index in [0.717, 1.165) is 0 Å². The van der Waals surface area contributed by atoms with E-state index >= 15 is 0 Å². The number of esters is 2. The lowest BCUT2D eigenvalue weighted by molar-refractivity contribution is -0.147. The van der Waals surface area contributed by atoms with Crippen LogP contribution >= 0.6 is 0 Å². The molecule has 0 radical (unpaired) electrons. The molecule has 1 unspecified atom stereocenters. The van der Waals surface area contributed by atoms with E-state index in [-0.39, 0.29) is 25.6 Å². The Balaban J connectivity index is 3.76. The molecule has 0 aromatic heterocycles. The Morgan fingerprint density at radius 2 is 1.75 bits per heavy atom. The molecule has 0 amide bonds. The van der Waals surface area contributed by atoms with Crippen molar-refractivity contribution in [1.82, 2.24) is 0 Å². The SMILES string of the molecule is C#CCOC(=O)CCC(C)C(=O)OCC#C. The van der Waals surface area contributed by atoms with Crippen molar-refractivity contribution in [1.29, 1.82) is 0 Å². The third kappa shape index (κ3) is 6.50. The van der Waals surface area contributed by atoms with E-state index in [1.165, 1.54) is 0 Å². The highest BCUT2D eigenvalue weighted by Gasteiger charge is 2.15. The van der Waals surface area contributed by atoms with E-state index in [2.05, 4.69) is 16.6 Å². The Bertz CT molecular complexity index is 319. The van der Waals surface area contributed by atoms with Crippen molar-refractivity contribution in [3.63, 3.8) is 0 Å². The van der Waals surface area contributed by atoms with E-state index in [0.29, 0.717) is 6.42 Å². The molecule has 0 bridgehead atoms. The molecule has 0 rings (SSSR count). The number of rotatable bonds is 6. The first-order valence-corrected chi connectivity index (χ1v) is 4.81. The topological polar surface area (TPSA) is 52.6 Å². The lowest BCUT2D eigenvalue weighted by Crippen LogP contribution is -2.17. The summed E-state index contributed by atoms with van der Waals surface area (Å²) in [5.41, 5.74) is 0. The maximum Gasteiger partial charge on any atom is 0.309 e. The largest absolute Gasteiger partial charge is 0.452 e. The second-order valence-electron chi connectivity index (χ2n) is 3.12. The molecule has 0 aliphatic rings. The van der Waals surface area contributed by atoms with Crippen molar-refractivity contribution >= 4 is 11.9 Å². The van der Waals surface area contributed by atoms with Crippen LogP contribution in [0.1, 0.15) is 19.8 Å². The summed E-state index contributed by atoms with van der Waals surface area (Å²) in [6, 6.07) is 0. The van der Waals surface area contributed by atoms with Gasteiger partial charge in [-0.15, -0.1) is 12.8 Å². The number of terminal acetylenes is 2. The van der Waals surface area contributed by atoms with Gasteiger partial charge >= 0.3 is 11.9 Å². The van der Waals surface area contributed by atoms with Crippen LogP contribution in [0.4, 0.5) is 0 Å². The average molecular weight is 222 g/mol. The first-order valence-electron chi connectivity index (χ1n) is 4.81. The smallest absolute Gasteiger partial charge is 0.309 e. The van der Waals surface area contributed by atoms with E-state index in [9.17, 15) is 9.59 Å². The molecule has 0 aliphatic carbocycles. The molecule has 0 heterocycles. The van der Waals surface area contributed by atoms with Crippen LogP contribution in [-0.4, -0.2) is 25.2 Å². The van der Waals surface area contributed by atoms with Gasteiger partial charge in [-0.1, -0.05) is 18.8 Å². The molecular formula is C12H14O4. The van der Waals surface area contributed by atoms with Gasteiger partial charge in [-0.2, -0.15) is 0 Å². The van der Waals surface area contributed by atoms with E-state index in [4.69, 9.17) is 17.6 Å². The van der Waals surface area contributed by atoms with Crippen molar-refractivity contribution in [2.45, 2.75) is 19.8 Å². The molecule has 0 fully saturated rings. The van der Waals surface area contributed by atoms with Crippen LogP contribution in [0.3, 0.4) is 0 Å². The minimum Gasteiger partial charge on any atom is -0.452 e. The third-order valence-corrected chi connectivity index (χ3v) is 1.80. The van der Waals surface area contributed by atoms with Crippen LogP contribution in [0, 0.1) is 30.6 Å². The molecule has 0 spiro atoms. The first kappa shape index (κ1) is 14.1. The number of carbonyl (C=O) groups excluding carboxylic acids is 2. The molecule has 16 heavy (non-hydrogen) atoms. The predicted octanol–water partition coefficient (Wildman–Crippen LogP) is 0.756. The van der Waals surface area contributed by atoms with Gasteiger partial charge < -0.3 is 9.47 Å². The Kier molecular flexibility index (Phi) is 7.36. The summed E-state index contributed by atoms with van der Waals surface area (Å²) in [6.07, 6.45) is 10.3. The van der Waals surface area contributed by atoms with Crippen molar-refractivity contribution in [3.05, 3.63) is 0 Å². The molecule has 1 atom stereocenters. The number of ether oxygens (including phenoxy) is 2. The van der Waals surface area contributed by atoms with Gasteiger partial charge in [-0.3, -0.25) is 9.59 Å². The van der Waals surface area contributed by atoms with E-state index in [1.54, 1.807) is 6.92 Å². The van der Waals surface area contributed by atoms with Gasteiger partial charge in [0.15, 0.2) is 13.2 Å². The Hall–Kier alpha value is -1.94. The quantitative estimate of drug-likeness (QED) is 0.491. The molecule has 0 N–H and O–H groups in total. The maximum absolute atomic E-state index is 11.2. The standard InChI is InChI=1S/C12H14O4/c1-4-8-15-11(13)7-6-10(3)12(14)16-9-5-2/h1-2,10H,6-9H2,3H3. The minimum atomic E-state index is -0.422. The van der Waals surface area contributed by atoms with Gasteiger partial charge in [0.2, 0.25) is 0 Å². The highest BCUT2D eigenvalue weighted by Crippen LogP contribution is 2.08. The maximum atomic E-state index is 11.2. The summed E-state index contributed by atoms with van der Waals surface area (Å²) >= 11 is 0. The zero-order valence-corrected chi connectivity index (χ0v) is 9.19. The third-order valence-electron chi connectivity index (χ3n) is 1.80. The lowest BCUT2D eigenvalue weighted by atomic mass is 10.1. The predicted molar refractivity (Wildman–Crippen MR) is 58.0 cm³/mol. The molecular weight excluding hydrogens is 208 g/mol. The Morgan fingerprint density at radius 3 is 2.31 bits per heavy atom. The summed E-state index contributed by atoms with van der Waals surface area (Å²) in [4.78, 5) is 22.3. The molecule has 86 valence electrons. The van der Waals surface area contributed by atoms with Gasteiger partial charge in [0.05, 0.1) is 5.92 Å². The van der Waals surface area contributed by atoms with Crippen LogP contribution in [0.2, 0.25) is 0 Å². The second-order valence-corrected chi connectivity index (χ2v) is 3.12. The number of carbonyl (C=O) groups is 2. The zero-order chi connectivity index (χ0) is 12.4. The molecule has 0 saturated heterocycles. The number of hydrogen-bond acceptors (Lipinski definition) is 4. The summed E-state index contributed by atoms with van der Waals surface area (Å²) in [7, 11) is 0. The van der Waals surface area contributed by atoms with Gasteiger partial charge in [-0.25, -0.2) is 0 Å². The van der Waals surface area contributed by atoms with Gasteiger partial charge in [0.1, 0.15) is 0 Å². The highest BCUT2D eigenvalue weighted by atomic mass is 16.5. The fraction of sp³-hybridized carbons (Fsp3) is 0.500. The van der Waals surface area contributed by atoms with E-state index in [1.807, 2.05) is 0 Å². The van der Waals surface area contributed by atoms with Crippen LogP contribution in [0.25, 0.3) is 0 Å². The summed E-state index contributed by atoms with van der Waals surface area (Å²) < 4.78 is 9.35. The van der Waals surface area contributed by atoms with Gasteiger partial charge in [0.25, 0.3) is 0 Å². The van der Waals surface area contributed by atoms with Crippen molar-refractivity contribution in [2.24, 2.45) is 5.92 Å². The van der Waals surface area contributed by atoms with Gasteiger partial charge in [-0.05, 0) is 6.42 Å². The molecule has 0 saturated carbocycles.